The van der Waals surface area contributed by atoms with E-state index in [2.05, 4.69) is 5.32 Å². The van der Waals surface area contributed by atoms with Gasteiger partial charge < -0.3 is 19.9 Å². The summed E-state index contributed by atoms with van der Waals surface area (Å²) in [6.45, 7) is 1.81. The molecule has 1 atom stereocenters. The Labute approximate surface area is 130 Å². The van der Waals surface area contributed by atoms with E-state index < -0.39 is 11.5 Å². The van der Waals surface area contributed by atoms with Gasteiger partial charge in [0.05, 0.1) is 25.7 Å². The molecule has 0 spiro atoms. The molecule has 1 unspecified atom stereocenters. The van der Waals surface area contributed by atoms with Crippen molar-refractivity contribution in [2.45, 2.75) is 31.7 Å². The van der Waals surface area contributed by atoms with E-state index >= 15 is 0 Å². The smallest absolute Gasteiger partial charge is 0.305 e. The normalized spacial score (nSPS) is 13.2. The fraction of sp³-hybridized carbons (Fsp3) is 0.500. The number of amides is 1. The zero-order valence-corrected chi connectivity index (χ0v) is 13.2. The molecule has 0 saturated carbocycles. The first-order valence-electron chi connectivity index (χ1n) is 7.03. The second-order valence-electron chi connectivity index (χ2n) is 5.46. The van der Waals surface area contributed by atoms with Crippen LogP contribution in [0.2, 0.25) is 0 Å². The SMILES string of the molecule is COCC(C)(CC(=O)O)NC(=O)CCc1ccc(OC)cc1. The summed E-state index contributed by atoms with van der Waals surface area (Å²) in [6.07, 6.45) is 0.673. The highest BCUT2D eigenvalue weighted by Gasteiger charge is 2.29. The Morgan fingerprint density at radius 2 is 1.86 bits per heavy atom. The predicted octanol–water partition coefficient (Wildman–Crippen LogP) is 1.62. The average molecular weight is 309 g/mol. The lowest BCUT2D eigenvalue weighted by Crippen LogP contribution is -2.50. The Hall–Kier alpha value is -2.08. The van der Waals surface area contributed by atoms with Crippen molar-refractivity contribution in [1.29, 1.82) is 0 Å². The van der Waals surface area contributed by atoms with Crippen LogP contribution in [0.5, 0.6) is 5.75 Å². The maximum atomic E-state index is 12.0. The number of carbonyl (C=O) groups is 2. The summed E-state index contributed by atoms with van der Waals surface area (Å²) in [5.41, 5.74) is 0.111. The van der Waals surface area contributed by atoms with E-state index in [1.165, 1.54) is 7.11 Å². The molecule has 2 N–H and O–H groups in total. The van der Waals surface area contributed by atoms with Crippen LogP contribution in [0, 0.1) is 0 Å². The topological polar surface area (TPSA) is 84.9 Å². The summed E-state index contributed by atoms with van der Waals surface area (Å²) in [7, 11) is 3.07. The molecule has 22 heavy (non-hydrogen) atoms. The Morgan fingerprint density at radius 3 is 2.36 bits per heavy atom. The maximum absolute atomic E-state index is 12.0. The average Bonchev–Trinajstić information content (AvgIpc) is 2.44. The van der Waals surface area contributed by atoms with Crippen LogP contribution in [0.3, 0.4) is 0 Å². The molecule has 122 valence electrons. The zero-order valence-electron chi connectivity index (χ0n) is 13.2. The summed E-state index contributed by atoms with van der Waals surface area (Å²) < 4.78 is 10.1. The predicted molar refractivity (Wildman–Crippen MR) is 82.0 cm³/mol. The highest BCUT2D eigenvalue weighted by Crippen LogP contribution is 2.14. The summed E-state index contributed by atoms with van der Waals surface area (Å²) >= 11 is 0. The quantitative estimate of drug-likeness (QED) is 0.724. The van der Waals surface area contributed by atoms with Crippen LogP contribution in [-0.2, 0) is 20.7 Å². The number of aryl methyl sites for hydroxylation is 1. The molecule has 0 radical (unpaired) electrons. The van der Waals surface area contributed by atoms with E-state index in [9.17, 15) is 9.59 Å². The van der Waals surface area contributed by atoms with Crippen LogP contribution in [0.25, 0.3) is 0 Å². The molecule has 0 saturated heterocycles. The van der Waals surface area contributed by atoms with Gasteiger partial charge in [0.15, 0.2) is 0 Å². The minimum atomic E-state index is -0.977. The first kappa shape index (κ1) is 18.0. The molecule has 0 aliphatic rings. The van der Waals surface area contributed by atoms with Crippen LogP contribution in [0.4, 0.5) is 0 Å². The number of nitrogens with one attached hydrogen (secondary N) is 1. The Kier molecular flexibility index (Phi) is 6.85. The highest BCUT2D eigenvalue weighted by molar-refractivity contribution is 5.78. The molecule has 1 rings (SSSR count). The van der Waals surface area contributed by atoms with Crippen molar-refractivity contribution in [2.75, 3.05) is 20.8 Å². The van der Waals surface area contributed by atoms with E-state index in [-0.39, 0.29) is 25.4 Å². The Balaban J connectivity index is 2.54. The van der Waals surface area contributed by atoms with Crippen molar-refractivity contribution in [3.05, 3.63) is 29.8 Å². The third-order valence-corrected chi connectivity index (χ3v) is 3.25. The molecule has 6 nitrogen and oxygen atoms in total. The number of hydrogen-bond donors (Lipinski definition) is 2. The van der Waals surface area contributed by atoms with Crippen LogP contribution < -0.4 is 10.1 Å². The number of carbonyl (C=O) groups excluding carboxylic acids is 1. The molecule has 0 bridgehead atoms. The van der Waals surface area contributed by atoms with Crippen LogP contribution in [0.15, 0.2) is 24.3 Å². The van der Waals surface area contributed by atoms with Gasteiger partial charge in [-0.05, 0) is 31.0 Å². The monoisotopic (exact) mass is 309 g/mol. The zero-order chi connectivity index (χ0) is 16.6. The van der Waals surface area contributed by atoms with E-state index in [0.717, 1.165) is 11.3 Å². The fourth-order valence-corrected chi connectivity index (χ4v) is 2.23. The maximum Gasteiger partial charge on any atom is 0.305 e. The van der Waals surface area contributed by atoms with Gasteiger partial charge in [-0.2, -0.15) is 0 Å². The van der Waals surface area contributed by atoms with Crippen molar-refractivity contribution < 1.29 is 24.2 Å². The van der Waals surface area contributed by atoms with Gasteiger partial charge in [-0.25, -0.2) is 0 Å². The lowest BCUT2D eigenvalue weighted by molar-refractivity contribution is -0.139. The third-order valence-electron chi connectivity index (χ3n) is 3.25. The van der Waals surface area contributed by atoms with Gasteiger partial charge in [0.2, 0.25) is 5.91 Å². The first-order chi connectivity index (χ1) is 10.4. The van der Waals surface area contributed by atoms with E-state index in [4.69, 9.17) is 14.6 Å². The molecular formula is C16H23NO5. The fourth-order valence-electron chi connectivity index (χ4n) is 2.23. The molecule has 0 fully saturated rings. The number of benzene rings is 1. The van der Waals surface area contributed by atoms with Crippen molar-refractivity contribution in [1.82, 2.24) is 5.32 Å². The van der Waals surface area contributed by atoms with Crippen molar-refractivity contribution >= 4 is 11.9 Å². The second-order valence-corrected chi connectivity index (χ2v) is 5.46. The lowest BCUT2D eigenvalue weighted by atomic mass is 9.98. The number of ether oxygens (including phenoxy) is 2. The molecule has 1 aromatic carbocycles. The second kappa shape index (κ2) is 8.38. The van der Waals surface area contributed by atoms with Gasteiger partial charge in [0.25, 0.3) is 0 Å². The Bertz CT molecular complexity index is 500. The molecule has 0 heterocycles. The molecule has 0 aliphatic heterocycles. The van der Waals surface area contributed by atoms with Crippen LogP contribution >= 0.6 is 0 Å². The highest BCUT2D eigenvalue weighted by atomic mass is 16.5. The van der Waals surface area contributed by atoms with Gasteiger partial charge in [-0.15, -0.1) is 0 Å². The summed E-state index contributed by atoms with van der Waals surface area (Å²) in [6, 6.07) is 7.48. The number of rotatable bonds is 9. The van der Waals surface area contributed by atoms with Crippen molar-refractivity contribution in [2.24, 2.45) is 0 Å². The largest absolute Gasteiger partial charge is 0.497 e. The van der Waals surface area contributed by atoms with Crippen LogP contribution in [-0.4, -0.2) is 43.3 Å². The lowest BCUT2D eigenvalue weighted by Gasteiger charge is -2.28. The summed E-state index contributed by atoms with van der Waals surface area (Å²) in [4.78, 5) is 22.9. The van der Waals surface area contributed by atoms with E-state index in [0.29, 0.717) is 6.42 Å². The van der Waals surface area contributed by atoms with Gasteiger partial charge >= 0.3 is 5.97 Å². The van der Waals surface area contributed by atoms with Crippen molar-refractivity contribution in [3.8, 4) is 5.75 Å². The van der Waals surface area contributed by atoms with Crippen LogP contribution in [0.1, 0.15) is 25.3 Å². The van der Waals surface area contributed by atoms with Gasteiger partial charge in [-0.3, -0.25) is 9.59 Å². The standard InChI is InChI=1S/C16H23NO5/c1-16(11-21-2,10-15(19)20)17-14(18)9-6-12-4-7-13(22-3)8-5-12/h4-5,7-8H,6,9-11H2,1-3H3,(H,17,18)(H,19,20). The first-order valence-corrected chi connectivity index (χ1v) is 7.03. The molecule has 0 aliphatic carbocycles. The Morgan fingerprint density at radius 1 is 1.23 bits per heavy atom. The van der Waals surface area contributed by atoms with E-state index in [1.54, 1.807) is 14.0 Å². The molecule has 6 heteroatoms. The van der Waals surface area contributed by atoms with E-state index in [1.807, 2.05) is 24.3 Å². The van der Waals surface area contributed by atoms with Gasteiger partial charge in [0.1, 0.15) is 5.75 Å². The minimum Gasteiger partial charge on any atom is -0.497 e. The minimum absolute atomic E-state index is 0.146. The summed E-state index contributed by atoms with van der Waals surface area (Å²) in [5, 5.41) is 11.7. The van der Waals surface area contributed by atoms with Crippen molar-refractivity contribution in [3.63, 3.8) is 0 Å². The number of aliphatic carboxylic acids is 1. The van der Waals surface area contributed by atoms with Gasteiger partial charge in [0, 0.05) is 13.5 Å². The number of carboxylic acid groups (broad SMARTS) is 1. The summed E-state index contributed by atoms with van der Waals surface area (Å²) in [5.74, 6) is -0.408. The van der Waals surface area contributed by atoms with Gasteiger partial charge in [-0.1, -0.05) is 12.1 Å². The third kappa shape index (κ3) is 6.13. The molecular weight excluding hydrogens is 286 g/mol. The number of carboxylic acids is 1. The number of hydrogen-bond acceptors (Lipinski definition) is 4. The molecule has 1 amide bonds. The molecule has 0 aromatic heterocycles. The number of methoxy groups -OCH3 is 2. The molecule has 1 aromatic rings.